The third kappa shape index (κ3) is 3.22. The highest BCUT2D eigenvalue weighted by Gasteiger charge is 2.11. The van der Waals surface area contributed by atoms with Crippen molar-refractivity contribution in [3.63, 3.8) is 0 Å². The zero-order chi connectivity index (χ0) is 20.5. The van der Waals surface area contributed by atoms with Crippen molar-refractivity contribution in [2.45, 2.75) is 6.42 Å². The van der Waals surface area contributed by atoms with E-state index >= 15 is 0 Å². The van der Waals surface area contributed by atoms with E-state index in [2.05, 4.69) is 24.9 Å². The number of hydrogen-bond donors (Lipinski definition) is 3. The number of Topliss-reactive ketones (excluding diaryl/α,β-unsaturated/α-hetero) is 1. The number of hydrogen-bond acceptors (Lipinski definition) is 4. The van der Waals surface area contributed by atoms with E-state index in [1.807, 2.05) is 54.7 Å². The minimum Gasteiger partial charge on any atom is -0.361 e. The van der Waals surface area contributed by atoms with Crippen LogP contribution in [0.1, 0.15) is 21.7 Å². The van der Waals surface area contributed by atoms with Crippen LogP contribution in [0.25, 0.3) is 21.8 Å². The molecule has 0 spiro atoms. The van der Waals surface area contributed by atoms with Crippen molar-refractivity contribution in [2.24, 2.45) is 4.99 Å². The van der Waals surface area contributed by atoms with Crippen LogP contribution in [0.3, 0.4) is 0 Å². The van der Waals surface area contributed by atoms with Crippen LogP contribution in [-0.4, -0.2) is 31.9 Å². The van der Waals surface area contributed by atoms with Crippen LogP contribution in [0.4, 0.5) is 5.69 Å². The Kier molecular flexibility index (Phi) is 4.33. The van der Waals surface area contributed by atoms with Crippen LogP contribution < -0.4 is 5.56 Å². The molecule has 7 nitrogen and oxygen atoms in total. The fraction of sp³-hybridized carbons (Fsp3) is 0.0435. The van der Waals surface area contributed by atoms with Crippen molar-refractivity contribution in [3.8, 4) is 0 Å². The van der Waals surface area contributed by atoms with Crippen LogP contribution in [0.15, 0.2) is 76.9 Å². The Hall–Kier alpha value is -4.26. The third-order valence-electron chi connectivity index (χ3n) is 5.01. The number of imidazole rings is 1. The Morgan fingerprint density at radius 2 is 1.83 bits per heavy atom. The molecule has 146 valence electrons. The lowest BCUT2D eigenvalue weighted by Crippen LogP contribution is -2.05. The number of aliphatic imine (C=N–C) groups is 1. The summed E-state index contributed by atoms with van der Waals surface area (Å²) in [7, 11) is 0. The molecule has 0 bridgehead atoms. The SMILES string of the molecule is O=C(Cc1ccc(N=Cc2c(=O)[nH]c3ccc4[nH]cccc4c23)cc1)c1ncc[nH]1. The first-order chi connectivity index (χ1) is 14.7. The van der Waals surface area contributed by atoms with Gasteiger partial charge in [-0.1, -0.05) is 18.2 Å². The lowest BCUT2D eigenvalue weighted by Gasteiger charge is -2.01. The molecule has 0 fully saturated rings. The lowest BCUT2D eigenvalue weighted by atomic mass is 10.1. The molecule has 5 rings (SSSR count). The maximum atomic E-state index is 12.5. The van der Waals surface area contributed by atoms with Crippen molar-refractivity contribution in [2.75, 3.05) is 0 Å². The Balaban J connectivity index is 1.43. The number of pyridine rings is 1. The van der Waals surface area contributed by atoms with E-state index in [9.17, 15) is 9.59 Å². The van der Waals surface area contributed by atoms with E-state index in [1.54, 1.807) is 18.6 Å². The molecule has 0 aliphatic heterocycles. The quantitative estimate of drug-likeness (QED) is 0.310. The van der Waals surface area contributed by atoms with Gasteiger partial charge < -0.3 is 15.0 Å². The van der Waals surface area contributed by atoms with E-state index in [4.69, 9.17) is 0 Å². The number of nitrogens with one attached hydrogen (secondary N) is 3. The van der Waals surface area contributed by atoms with Crippen molar-refractivity contribution in [3.05, 3.63) is 94.4 Å². The molecule has 0 radical (unpaired) electrons. The fourth-order valence-corrected chi connectivity index (χ4v) is 3.55. The average molecular weight is 395 g/mol. The van der Waals surface area contributed by atoms with E-state index < -0.39 is 0 Å². The summed E-state index contributed by atoms with van der Waals surface area (Å²) in [5.74, 6) is 0.276. The molecule has 30 heavy (non-hydrogen) atoms. The smallest absolute Gasteiger partial charge is 0.257 e. The Morgan fingerprint density at radius 1 is 1.00 bits per heavy atom. The van der Waals surface area contributed by atoms with Crippen LogP contribution in [0.2, 0.25) is 0 Å². The van der Waals surface area contributed by atoms with E-state index in [1.165, 1.54) is 0 Å². The summed E-state index contributed by atoms with van der Waals surface area (Å²) in [6.07, 6.45) is 6.89. The molecule has 0 saturated heterocycles. The van der Waals surface area contributed by atoms with Gasteiger partial charge in [0.05, 0.1) is 11.3 Å². The van der Waals surface area contributed by atoms with Crippen molar-refractivity contribution in [1.29, 1.82) is 0 Å². The molecule has 0 unspecified atom stereocenters. The number of benzene rings is 2. The monoisotopic (exact) mass is 395 g/mol. The summed E-state index contributed by atoms with van der Waals surface area (Å²) in [4.78, 5) is 42.0. The first-order valence-electron chi connectivity index (χ1n) is 9.47. The normalized spacial score (nSPS) is 11.6. The zero-order valence-corrected chi connectivity index (χ0v) is 15.8. The van der Waals surface area contributed by atoms with Crippen molar-refractivity contribution >= 4 is 39.5 Å². The standard InChI is InChI=1S/C23H17N5O2/c29-20(22-25-10-11-26-22)12-14-3-5-15(6-4-14)27-13-17-21-16-2-1-9-24-18(16)7-8-19(21)28-23(17)30/h1-11,13,24H,12H2,(H,25,26)(H,28,30). The molecule has 3 heterocycles. The van der Waals surface area contributed by atoms with Gasteiger partial charge in [-0.25, -0.2) is 4.98 Å². The summed E-state index contributed by atoms with van der Waals surface area (Å²) < 4.78 is 0. The number of carbonyl (C=O) groups excluding carboxylic acids is 1. The average Bonchev–Trinajstić information content (AvgIpc) is 3.41. The first-order valence-corrected chi connectivity index (χ1v) is 9.47. The third-order valence-corrected chi connectivity index (χ3v) is 5.01. The van der Waals surface area contributed by atoms with Crippen LogP contribution >= 0.6 is 0 Å². The molecular weight excluding hydrogens is 378 g/mol. The summed E-state index contributed by atoms with van der Waals surface area (Å²) in [6.45, 7) is 0. The number of ketones is 1. The van der Waals surface area contributed by atoms with Gasteiger partial charge in [0.2, 0.25) is 5.78 Å². The number of fused-ring (bicyclic) bond motifs is 3. The minimum absolute atomic E-state index is 0.0743. The van der Waals surface area contributed by atoms with E-state index in [0.717, 1.165) is 27.4 Å². The number of nitrogens with zero attached hydrogens (tertiary/aromatic N) is 2. The number of aromatic amines is 3. The minimum atomic E-state index is -0.175. The Bertz CT molecular complexity index is 1440. The lowest BCUT2D eigenvalue weighted by molar-refractivity contribution is 0.0984. The van der Waals surface area contributed by atoms with Gasteiger partial charge >= 0.3 is 0 Å². The molecule has 7 heteroatoms. The highest BCUT2D eigenvalue weighted by molar-refractivity contribution is 6.13. The molecule has 5 aromatic rings. The van der Waals surface area contributed by atoms with Gasteiger partial charge in [-0.15, -0.1) is 0 Å². The number of aromatic nitrogens is 4. The molecule has 0 atom stereocenters. The highest BCUT2D eigenvalue weighted by atomic mass is 16.1. The summed E-state index contributed by atoms with van der Waals surface area (Å²) in [6, 6.07) is 15.1. The highest BCUT2D eigenvalue weighted by Crippen LogP contribution is 2.24. The summed E-state index contributed by atoms with van der Waals surface area (Å²) >= 11 is 0. The Labute approximate surface area is 170 Å². The van der Waals surface area contributed by atoms with Gasteiger partial charge in [-0.3, -0.25) is 14.6 Å². The fourth-order valence-electron chi connectivity index (χ4n) is 3.55. The van der Waals surface area contributed by atoms with Crippen LogP contribution in [0, 0.1) is 0 Å². The molecule has 0 amide bonds. The molecule has 2 aromatic carbocycles. The predicted molar refractivity (Wildman–Crippen MR) is 117 cm³/mol. The van der Waals surface area contributed by atoms with Gasteiger partial charge in [0.25, 0.3) is 5.56 Å². The molecule has 0 aliphatic rings. The summed E-state index contributed by atoms with van der Waals surface area (Å²) in [5, 5.41) is 1.81. The van der Waals surface area contributed by atoms with Gasteiger partial charge in [0, 0.05) is 53.0 Å². The zero-order valence-electron chi connectivity index (χ0n) is 15.8. The van der Waals surface area contributed by atoms with Crippen LogP contribution in [0.5, 0.6) is 0 Å². The molecule has 3 aromatic heterocycles. The van der Waals surface area contributed by atoms with Gasteiger partial charge in [0.1, 0.15) is 0 Å². The second-order valence-corrected chi connectivity index (χ2v) is 6.95. The number of rotatable bonds is 5. The molecule has 0 aliphatic carbocycles. The van der Waals surface area contributed by atoms with Gasteiger partial charge in [-0.2, -0.15) is 0 Å². The number of carbonyl (C=O) groups is 1. The van der Waals surface area contributed by atoms with E-state index in [0.29, 0.717) is 17.1 Å². The number of H-pyrrole nitrogens is 3. The Morgan fingerprint density at radius 3 is 2.63 bits per heavy atom. The molecule has 0 saturated carbocycles. The first kappa shape index (κ1) is 17.8. The predicted octanol–water partition coefficient (Wildman–Crippen LogP) is 3.91. The van der Waals surface area contributed by atoms with E-state index in [-0.39, 0.29) is 17.8 Å². The van der Waals surface area contributed by atoms with Crippen molar-refractivity contribution < 1.29 is 4.79 Å². The topological polar surface area (TPSA) is 107 Å². The second kappa shape index (κ2) is 7.29. The molecular formula is C23H17N5O2. The second-order valence-electron chi connectivity index (χ2n) is 6.95. The largest absolute Gasteiger partial charge is 0.361 e. The molecule has 3 N–H and O–H groups in total. The van der Waals surface area contributed by atoms with Gasteiger partial charge in [-0.05, 0) is 35.9 Å². The summed E-state index contributed by atoms with van der Waals surface area (Å²) in [5.41, 5.74) is 3.64. The van der Waals surface area contributed by atoms with Gasteiger partial charge in [0.15, 0.2) is 5.82 Å². The van der Waals surface area contributed by atoms with Crippen LogP contribution in [-0.2, 0) is 6.42 Å². The van der Waals surface area contributed by atoms with Crippen molar-refractivity contribution in [1.82, 2.24) is 19.9 Å². The maximum absolute atomic E-state index is 12.5. The maximum Gasteiger partial charge on any atom is 0.257 e.